The molecule has 1 atom stereocenters. The van der Waals surface area contributed by atoms with Crippen LogP contribution in [0.15, 0.2) is 0 Å². The van der Waals surface area contributed by atoms with Crippen LogP contribution in [-0.2, 0) is 4.79 Å². The quantitative estimate of drug-likeness (QED) is 0.579. The smallest absolute Gasteiger partial charge is 0.127 e. The standard InChI is InChI=1S/C16H30N2O/c1-15-12-17(2)10-7-11-18(15)13-16(14-19)8-5-3-4-6-9-16/h14-15H,3-13H2,1-2H3. The van der Waals surface area contributed by atoms with Crippen molar-refractivity contribution in [1.29, 1.82) is 0 Å². The minimum absolute atomic E-state index is 0.0479. The van der Waals surface area contributed by atoms with Crippen molar-refractivity contribution in [2.45, 2.75) is 57.9 Å². The Balaban J connectivity index is 2.01. The molecular weight excluding hydrogens is 236 g/mol. The second-order valence-corrected chi connectivity index (χ2v) is 6.83. The van der Waals surface area contributed by atoms with Crippen molar-refractivity contribution in [3.8, 4) is 0 Å². The zero-order valence-electron chi connectivity index (χ0n) is 12.7. The molecule has 0 bridgehead atoms. The van der Waals surface area contributed by atoms with Crippen LogP contribution in [0.2, 0.25) is 0 Å². The van der Waals surface area contributed by atoms with E-state index in [4.69, 9.17) is 0 Å². The maximum Gasteiger partial charge on any atom is 0.127 e. The minimum atomic E-state index is -0.0479. The van der Waals surface area contributed by atoms with Crippen molar-refractivity contribution in [2.75, 3.05) is 33.2 Å². The average molecular weight is 266 g/mol. The first kappa shape index (κ1) is 15.0. The van der Waals surface area contributed by atoms with E-state index in [2.05, 4.69) is 23.8 Å². The summed E-state index contributed by atoms with van der Waals surface area (Å²) in [6, 6.07) is 0.576. The van der Waals surface area contributed by atoms with Gasteiger partial charge in [0.15, 0.2) is 0 Å². The highest BCUT2D eigenvalue weighted by Crippen LogP contribution is 2.34. The van der Waals surface area contributed by atoms with Gasteiger partial charge in [-0.3, -0.25) is 4.90 Å². The summed E-state index contributed by atoms with van der Waals surface area (Å²) in [6.07, 6.45) is 9.84. The van der Waals surface area contributed by atoms with E-state index in [1.807, 2.05) is 0 Å². The fourth-order valence-electron chi connectivity index (χ4n) is 3.81. The van der Waals surface area contributed by atoms with Gasteiger partial charge in [0.1, 0.15) is 6.29 Å². The van der Waals surface area contributed by atoms with Gasteiger partial charge >= 0.3 is 0 Å². The summed E-state index contributed by atoms with van der Waals surface area (Å²) in [5.74, 6) is 0. The Labute approximate surface area is 118 Å². The number of rotatable bonds is 3. The van der Waals surface area contributed by atoms with E-state index in [1.54, 1.807) is 0 Å². The van der Waals surface area contributed by atoms with Crippen LogP contribution in [0.25, 0.3) is 0 Å². The summed E-state index contributed by atoms with van der Waals surface area (Å²) in [7, 11) is 2.21. The predicted molar refractivity (Wildman–Crippen MR) is 79.3 cm³/mol. The SMILES string of the molecule is CC1CN(C)CCCN1CC1(C=O)CCCCCC1. The summed E-state index contributed by atoms with van der Waals surface area (Å²) >= 11 is 0. The van der Waals surface area contributed by atoms with Gasteiger partial charge in [0.2, 0.25) is 0 Å². The number of aldehydes is 1. The summed E-state index contributed by atoms with van der Waals surface area (Å²) in [5.41, 5.74) is -0.0479. The molecule has 0 aromatic heterocycles. The Hall–Kier alpha value is -0.410. The molecule has 110 valence electrons. The van der Waals surface area contributed by atoms with Crippen LogP contribution in [0.4, 0.5) is 0 Å². The largest absolute Gasteiger partial charge is 0.305 e. The summed E-state index contributed by atoms with van der Waals surface area (Å²) in [5, 5.41) is 0. The fraction of sp³-hybridized carbons (Fsp3) is 0.938. The molecule has 2 aliphatic rings. The fourth-order valence-corrected chi connectivity index (χ4v) is 3.81. The number of nitrogens with zero attached hydrogens (tertiary/aromatic N) is 2. The van der Waals surface area contributed by atoms with Gasteiger partial charge in [-0.15, -0.1) is 0 Å². The number of likely N-dealkylation sites (N-methyl/N-ethyl adjacent to an activating group) is 1. The molecule has 0 aromatic carbocycles. The third kappa shape index (κ3) is 4.03. The van der Waals surface area contributed by atoms with Crippen molar-refractivity contribution < 1.29 is 4.79 Å². The van der Waals surface area contributed by atoms with Crippen molar-refractivity contribution in [1.82, 2.24) is 9.80 Å². The van der Waals surface area contributed by atoms with Gasteiger partial charge in [0, 0.05) is 24.5 Å². The molecule has 1 heterocycles. The van der Waals surface area contributed by atoms with E-state index in [9.17, 15) is 4.79 Å². The molecule has 1 saturated carbocycles. The van der Waals surface area contributed by atoms with Crippen LogP contribution < -0.4 is 0 Å². The van der Waals surface area contributed by atoms with Crippen molar-refractivity contribution in [2.24, 2.45) is 5.41 Å². The lowest BCUT2D eigenvalue weighted by molar-refractivity contribution is -0.118. The molecule has 19 heavy (non-hydrogen) atoms. The molecule has 0 spiro atoms. The lowest BCUT2D eigenvalue weighted by Crippen LogP contribution is -2.45. The van der Waals surface area contributed by atoms with Gasteiger partial charge in [-0.05, 0) is 46.3 Å². The van der Waals surface area contributed by atoms with E-state index < -0.39 is 0 Å². The van der Waals surface area contributed by atoms with Gasteiger partial charge in [-0.25, -0.2) is 0 Å². The Bertz CT molecular complexity index is 284. The summed E-state index contributed by atoms with van der Waals surface area (Å²) < 4.78 is 0. The van der Waals surface area contributed by atoms with Gasteiger partial charge in [-0.1, -0.05) is 25.7 Å². The molecule has 3 heteroatoms. The summed E-state index contributed by atoms with van der Waals surface area (Å²) in [4.78, 5) is 16.7. The first-order valence-electron chi connectivity index (χ1n) is 8.04. The van der Waals surface area contributed by atoms with E-state index in [1.165, 1.54) is 44.9 Å². The van der Waals surface area contributed by atoms with E-state index in [-0.39, 0.29) is 5.41 Å². The highest BCUT2D eigenvalue weighted by Gasteiger charge is 2.34. The van der Waals surface area contributed by atoms with Crippen molar-refractivity contribution >= 4 is 6.29 Å². The zero-order valence-corrected chi connectivity index (χ0v) is 12.7. The molecule has 1 aliphatic carbocycles. The van der Waals surface area contributed by atoms with E-state index in [0.717, 1.165) is 32.5 Å². The molecule has 1 unspecified atom stereocenters. The predicted octanol–water partition coefficient (Wildman–Crippen LogP) is 2.55. The molecule has 0 radical (unpaired) electrons. The lowest BCUT2D eigenvalue weighted by Gasteiger charge is -2.36. The molecule has 1 saturated heterocycles. The zero-order chi connectivity index (χ0) is 13.7. The molecule has 2 rings (SSSR count). The molecule has 2 fully saturated rings. The monoisotopic (exact) mass is 266 g/mol. The van der Waals surface area contributed by atoms with Gasteiger partial charge in [0.25, 0.3) is 0 Å². The Morgan fingerprint density at radius 1 is 1.11 bits per heavy atom. The second kappa shape index (κ2) is 6.85. The molecule has 3 nitrogen and oxygen atoms in total. The summed E-state index contributed by atoms with van der Waals surface area (Å²) in [6.45, 7) is 6.79. The first-order valence-corrected chi connectivity index (χ1v) is 8.04. The highest BCUT2D eigenvalue weighted by atomic mass is 16.1. The number of hydrogen-bond acceptors (Lipinski definition) is 3. The molecule has 0 aromatic rings. The topological polar surface area (TPSA) is 23.6 Å². The van der Waals surface area contributed by atoms with Crippen LogP contribution in [0.3, 0.4) is 0 Å². The number of carbonyl (C=O) groups excluding carboxylic acids is 1. The van der Waals surface area contributed by atoms with Gasteiger partial charge < -0.3 is 9.69 Å². The molecule has 0 amide bonds. The Kier molecular flexibility index (Phi) is 5.40. The molecular formula is C16H30N2O. The second-order valence-electron chi connectivity index (χ2n) is 6.83. The first-order chi connectivity index (χ1) is 9.15. The Morgan fingerprint density at radius 2 is 1.79 bits per heavy atom. The molecule has 0 N–H and O–H groups in total. The minimum Gasteiger partial charge on any atom is -0.305 e. The van der Waals surface area contributed by atoms with Crippen LogP contribution in [0.1, 0.15) is 51.9 Å². The lowest BCUT2D eigenvalue weighted by atomic mass is 9.81. The van der Waals surface area contributed by atoms with E-state index >= 15 is 0 Å². The Morgan fingerprint density at radius 3 is 2.42 bits per heavy atom. The normalized spacial score (nSPS) is 30.5. The molecule has 1 aliphatic heterocycles. The highest BCUT2D eigenvalue weighted by molar-refractivity contribution is 5.59. The van der Waals surface area contributed by atoms with Crippen molar-refractivity contribution in [3.63, 3.8) is 0 Å². The maximum atomic E-state index is 11.7. The average Bonchev–Trinajstić information content (AvgIpc) is 2.71. The van der Waals surface area contributed by atoms with Gasteiger partial charge in [0.05, 0.1) is 0 Å². The van der Waals surface area contributed by atoms with Crippen LogP contribution in [-0.4, -0.2) is 55.4 Å². The van der Waals surface area contributed by atoms with Crippen LogP contribution in [0, 0.1) is 5.41 Å². The number of hydrogen-bond donors (Lipinski definition) is 0. The third-order valence-electron chi connectivity index (χ3n) is 5.05. The van der Waals surface area contributed by atoms with Crippen LogP contribution in [0.5, 0.6) is 0 Å². The number of carbonyl (C=O) groups is 1. The van der Waals surface area contributed by atoms with E-state index in [0.29, 0.717) is 6.04 Å². The van der Waals surface area contributed by atoms with Crippen LogP contribution >= 0.6 is 0 Å². The van der Waals surface area contributed by atoms with Crippen molar-refractivity contribution in [3.05, 3.63) is 0 Å². The third-order valence-corrected chi connectivity index (χ3v) is 5.05. The maximum absolute atomic E-state index is 11.7. The van der Waals surface area contributed by atoms with Gasteiger partial charge in [-0.2, -0.15) is 0 Å².